The fraction of sp³-hybridized carbons (Fsp3) is 0.647. The van der Waals surface area contributed by atoms with Crippen molar-refractivity contribution in [2.45, 2.75) is 62.8 Å². The standard InChI is InChI=1S/C17H25NOS/c1-2-20(19)17-10-6-5-9-16(17)18-15-11-13-7-3-4-8-14(13)12-15/h3-4,7-8,15-18H,2,5-6,9-12H2,1H3. The lowest BCUT2D eigenvalue weighted by molar-refractivity contribution is 0.344. The van der Waals surface area contributed by atoms with Gasteiger partial charge in [-0.3, -0.25) is 4.21 Å². The largest absolute Gasteiger partial charge is 0.309 e. The quantitative estimate of drug-likeness (QED) is 0.924. The van der Waals surface area contributed by atoms with Crippen molar-refractivity contribution >= 4 is 10.8 Å². The highest BCUT2D eigenvalue weighted by Gasteiger charge is 2.32. The Morgan fingerprint density at radius 1 is 1.15 bits per heavy atom. The molecule has 1 aromatic carbocycles. The van der Waals surface area contributed by atoms with Gasteiger partial charge in [-0.1, -0.05) is 44.0 Å². The second-order valence-corrected chi connectivity index (χ2v) is 8.08. The number of hydrogen-bond donors (Lipinski definition) is 1. The number of nitrogens with one attached hydrogen (secondary N) is 1. The monoisotopic (exact) mass is 291 g/mol. The van der Waals surface area contributed by atoms with Crippen LogP contribution in [0.4, 0.5) is 0 Å². The predicted octanol–water partition coefficient (Wildman–Crippen LogP) is 2.82. The fourth-order valence-corrected chi connectivity index (χ4v) is 5.23. The van der Waals surface area contributed by atoms with Crippen molar-refractivity contribution in [2.24, 2.45) is 0 Å². The molecule has 2 aliphatic carbocycles. The van der Waals surface area contributed by atoms with Crippen LogP contribution in [0.3, 0.4) is 0 Å². The van der Waals surface area contributed by atoms with E-state index in [9.17, 15) is 4.21 Å². The van der Waals surface area contributed by atoms with Gasteiger partial charge in [0.15, 0.2) is 0 Å². The molecule has 110 valence electrons. The molecule has 0 spiro atoms. The van der Waals surface area contributed by atoms with Crippen molar-refractivity contribution in [3.63, 3.8) is 0 Å². The van der Waals surface area contributed by atoms with Gasteiger partial charge >= 0.3 is 0 Å². The van der Waals surface area contributed by atoms with Gasteiger partial charge in [-0.2, -0.15) is 0 Å². The summed E-state index contributed by atoms with van der Waals surface area (Å²) in [5.41, 5.74) is 2.99. The Labute approximate surface area is 124 Å². The van der Waals surface area contributed by atoms with E-state index in [2.05, 4.69) is 29.6 Å². The molecule has 3 unspecified atom stereocenters. The minimum atomic E-state index is -0.656. The topological polar surface area (TPSA) is 29.1 Å². The normalized spacial score (nSPS) is 28.2. The molecular formula is C17H25NOS. The van der Waals surface area contributed by atoms with Crippen molar-refractivity contribution in [3.05, 3.63) is 35.4 Å². The summed E-state index contributed by atoms with van der Waals surface area (Å²) in [6, 6.07) is 9.78. The molecule has 3 heteroatoms. The Kier molecular flexibility index (Phi) is 4.57. The van der Waals surface area contributed by atoms with Crippen LogP contribution in [0, 0.1) is 0 Å². The molecule has 20 heavy (non-hydrogen) atoms. The Balaban J connectivity index is 1.64. The Morgan fingerprint density at radius 3 is 2.45 bits per heavy atom. The van der Waals surface area contributed by atoms with Crippen LogP contribution in [0.5, 0.6) is 0 Å². The summed E-state index contributed by atoms with van der Waals surface area (Å²) in [5, 5.41) is 4.21. The molecule has 1 N–H and O–H groups in total. The first-order valence-corrected chi connectivity index (χ1v) is 9.36. The molecule has 1 aromatic rings. The third-order valence-electron chi connectivity index (χ3n) is 4.83. The van der Waals surface area contributed by atoms with Gasteiger partial charge < -0.3 is 5.32 Å². The fourth-order valence-electron chi connectivity index (χ4n) is 3.80. The molecule has 0 heterocycles. The van der Waals surface area contributed by atoms with Gasteiger partial charge in [-0.05, 0) is 36.8 Å². The first-order chi connectivity index (χ1) is 9.78. The first kappa shape index (κ1) is 14.3. The van der Waals surface area contributed by atoms with E-state index in [1.54, 1.807) is 0 Å². The molecule has 0 radical (unpaired) electrons. The molecular weight excluding hydrogens is 266 g/mol. The maximum Gasteiger partial charge on any atom is 0.0501 e. The van der Waals surface area contributed by atoms with Gasteiger partial charge in [0.25, 0.3) is 0 Å². The van der Waals surface area contributed by atoms with Crippen LogP contribution in [-0.2, 0) is 23.6 Å². The maximum absolute atomic E-state index is 12.2. The smallest absolute Gasteiger partial charge is 0.0501 e. The van der Waals surface area contributed by atoms with Crippen LogP contribution in [0.1, 0.15) is 43.7 Å². The van der Waals surface area contributed by atoms with E-state index in [4.69, 9.17) is 0 Å². The van der Waals surface area contributed by atoms with Crippen molar-refractivity contribution < 1.29 is 4.21 Å². The third-order valence-corrected chi connectivity index (χ3v) is 6.63. The summed E-state index contributed by atoms with van der Waals surface area (Å²) in [7, 11) is -0.656. The lowest BCUT2D eigenvalue weighted by atomic mass is 9.94. The van der Waals surface area contributed by atoms with Crippen molar-refractivity contribution in [1.82, 2.24) is 5.32 Å². The SMILES string of the molecule is CCS(=O)C1CCCCC1NC1Cc2ccccc2C1. The second-order valence-electron chi connectivity index (χ2n) is 6.14. The first-order valence-electron chi connectivity index (χ1n) is 7.98. The molecule has 2 aliphatic rings. The highest BCUT2D eigenvalue weighted by Crippen LogP contribution is 2.27. The van der Waals surface area contributed by atoms with Crippen LogP contribution in [0.2, 0.25) is 0 Å². The Morgan fingerprint density at radius 2 is 1.80 bits per heavy atom. The Bertz CT molecular complexity index is 463. The zero-order valence-electron chi connectivity index (χ0n) is 12.3. The zero-order valence-corrected chi connectivity index (χ0v) is 13.1. The molecule has 3 rings (SSSR count). The third kappa shape index (κ3) is 2.99. The van der Waals surface area contributed by atoms with E-state index >= 15 is 0 Å². The summed E-state index contributed by atoms with van der Waals surface area (Å²) in [5.74, 6) is 0.799. The van der Waals surface area contributed by atoms with E-state index < -0.39 is 10.8 Å². The van der Waals surface area contributed by atoms with Crippen molar-refractivity contribution in [1.29, 1.82) is 0 Å². The predicted molar refractivity (Wildman–Crippen MR) is 85.5 cm³/mol. The summed E-state index contributed by atoms with van der Waals surface area (Å²) in [4.78, 5) is 0. The average Bonchev–Trinajstić information content (AvgIpc) is 2.89. The number of benzene rings is 1. The van der Waals surface area contributed by atoms with Gasteiger partial charge in [0.2, 0.25) is 0 Å². The highest BCUT2D eigenvalue weighted by atomic mass is 32.2. The Hall–Kier alpha value is -0.670. The summed E-state index contributed by atoms with van der Waals surface area (Å²) in [6.45, 7) is 2.05. The van der Waals surface area contributed by atoms with Gasteiger partial charge in [0.05, 0.1) is 5.25 Å². The maximum atomic E-state index is 12.2. The number of rotatable bonds is 4. The lowest BCUT2D eigenvalue weighted by Crippen LogP contribution is -2.49. The van der Waals surface area contributed by atoms with E-state index in [0.29, 0.717) is 17.3 Å². The van der Waals surface area contributed by atoms with Crippen molar-refractivity contribution in [3.8, 4) is 0 Å². The summed E-state index contributed by atoms with van der Waals surface area (Å²) in [6.07, 6.45) is 7.14. The molecule has 0 aliphatic heterocycles. The minimum absolute atomic E-state index is 0.373. The van der Waals surface area contributed by atoms with E-state index in [1.807, 2.05) is 6.92 Å². The molecule has 3 atom stereocenters. The van der Waals surface area contributed by atoms with Crippen LogP contribution in [0.15, 0.2) is 24.3 Å². The molecule has 0 bridgehead atoms. The molecule has 0 aromatic heterocycles. The van der Waals surface area contributed by atoms with Crippen LogP contribution >= 0.6 is 0 Å². The van der Waals surface area contributed by atoms with Crippen LogP contribution < -0.4 is 5.32 Å². The van der Waals surface area contributed by atoms with E-state index in [0.717, 1.165) is 25.0 Å². The van der Waals surface area contributed by atoms with Gasteiger partial charge in [0.1, 0.15) is 0 Å². The molecule has 0 amide bonds. The van der Waals surface area contributed by atoms with Crippen LogP contribution in [0.25, 0.3) is 0 Å². The highest BCUT2D eigenvalue weighted by molar-refractivity contribution is 7.85. The number of hydrogen-bond acceptors (Lipinski definition) is 2. The number of fused-ring (bicyclic) bond motifs is 1. The van der Waals surface area contributed by atoms with Crippen molar-refractivity contribution in [2.75, 3.05) is 5.75 Å². The summed E-state index contributed by atoms with van der Waals surface area (Å²) >= 11 is 0. The second kappa shape index (κ2) is 6.40. The lowest BCUT2D eigenvalue weighted by Gasteiger charge is -2.33. The van der Waals surface area contributed by atoms with E-state index in [-0.39, 0.29) is 0 Å². The van der Waals surface area contributed by atoms with Crippen LogP contribution in [-0.4, -0.2) is 27.3 Å². The van der Waals surface area contributed by atoms with E-state index in [1.165, 1.54) is 30.4 Å². The summed E-state index contributed by atoms with van der Waals surface area (Å²) < 4.78 is 12.2. The van der Waals surface area contributed by atoms with Gasteiger partial charge in [0, 0.05) is 28.6 Å². The molecule has 1 fully saturated rings. The minimum Gasteiger partial charge on any atom is -0.309 e. The van der Waals surface area contributed by atoms with Gasteiger partial charge in [-0.15, -0.1) is 0 Å². The van der Waals surface area contributed by atoms with Gasteiger partial charge in [-0.25, -0.2) is 0 Å². The molecule has 0 saturated heterocycles. The molecule has 2 nitrogen and oxygen atoms in total. The zero-order chi connectivity index (χ0) is 13.9. The average molecular weight is 291 g/mol. The molecule has 1 saturated carbocycles.